The highest BCUT2D eigenvalue weighted by atomic mass is 79.9. The van der Waals surface area contributed by atoms with Crippen molar-refractivity contribution in [1.29, 1.82) is 0 Å². The third kappa shape index (κ3) is 5.21. The van der Waals surface area contributed by atoms with E-state index in [1.54, 1.807) is 19.2 Å². The summed E-state index contributed by atoms with van der Waals surface area (Å²) in [5, 5.41) is 11.8. The van der Waals surface area contributed by atoms with Crippen LogP contribution in [-0.2, 0) is 0 Å². The Hall–Kier alpha value is -1.27. The van der Waals surface area contributed by atoms with Crippen LogP contribution in [-0.4, -0.2) is 38.4 Å². The normalized spacial score (nSPS) is 11.9. The minimum absolute atomic E-state index is 0.171. The van der Waals surface area contributed by atoms with Gasteiger partial charge in [0.15, 0.2) is 0 Å². The lowest BCUT2D eigenvalue weighted by atomic mass is 10.1. The molecule has 0 heterocycles. The highest BCUT2D eigenvalue weighted by Gasteiger charge is 2.17. The fourth-order valence-electron chi connectivity index (χ4n) is 1.90. The number of methoxy groups -OCH3 is 2. The van der Waals surface area contributed by atoms with Crippen LogP contribution >= 0.6 is 15.9 Å². The second-order valence-electron chi connectivity index (χ2n) is 4.88. The van der Waals surface area contributed by atoms with Crippen molar-refractivity contribution < 1.29 is 19.4 Å². The van der Waals surface area contributed by atoms with Crippen molar-refractivity contribution in [2.24, 2.45) is 5.92 Å². The smallest absolute Gasteiger partial charge is 0.255 e. The Balaban J connectivity index is 2.70. The predicted octanol–water partition coefficient (Wildman–Crippen LogP) is 2.60. The van der Waals surface area contributed by atoms with Crippen molar-refractivity contribution in [2.75, 3.05) is 27.4 Å². The number of rotatable bonds is 8. The van der Waals surface area contributed by atoms with Crippen LogP contribution in [0.25, 0.3) is 0 Å². The number of nitrogens with one attached hydrogen (secondary N) is 1. The molecule has 21 heavy (non-hydrogen) atoms. The number of amides is 1. The lowest BCUT2D eigenvalue weighted by molar-refractivity contribution is 0.0948. The van der Waals surface area contributed by atoms with Crippen molar-refractivity contribution in [3.05, 3.63) is 22.2 Å². The van der Waals surface area contributed by atoms with E-state index < -0.39 is 0 Å². The molecule has 0 saturated heterocycles. The van der Waals surface area contributed by atoms with Crippen molar-refractivity contribution in [1.82, 2.24) is 5.32 Å². The van der Waals surface area contributed by atoms with Gasteiger partial charge in [0, 0.05) is 13.2 Å². The standard InChI is InChI=1S/C15H22BrNO4/c1-10(9-18)5-4-6-17-15(19)12-7-11(20-2)8-13(16)14(12)21-3/h7-8,10,18H,4-6,9H2,1-3H3,(H,17,19). The summed E-state index contributed by atoms with van der Waals surface area (Å²) in [4.78, 5) is 12.2. The molecule has 0 radical (unpaired) electrons. The average Bonchev–Trinajstić information content (AvgIpc) is 2.49. The van der Waals surface area contributed by atoms with E-state index in [-0.39, 0.29) is 18.4 Å². The molecule has 1 amide bonds. The van der Waals surface area contributed by atoms with Crippen molar-refractivity contribution >= 4 is 21.8 Å². The van der Waals surface area contributed by atoms with Crippen LogP contribution in [0.3, 0.4) is 0 Å². The zero-order chi connectivity index (χ0) is 15.8. The van der Waals surface area contributed by atoms with E-state index in [2.05, 4.69) is 21.2 Å². The number of aliphatic hydroxyl groups is 1. The van der Waals surface area contributed by atoms with Crippen LogP contribution in [0.5, 0.6) is 11.5 Å². The molecule has 0 bridgehead atoms. The van der Waals surface area contributed by atoms with Gasteiger partial charge in [0.1, 0.15) is 11.5 Å². The third-order valence-electron chi connectivity index (χ3n) is 3.17. The quantitative estimate of drug-likeness (QED) is 0.700. The van der Waals surface area contributed by atoms with Crippen molar-refractivity contribution in [2.45, 2.75) is 19.8 Å². The van der Waals surface area contributed by atoms with E-state index in [9.17, 15) is 4.79 Å². The van der Waals surface area contributed by atoms with E-state index >= 15 is 0 Å². The Bertz CT molecular complexity index is 479. The lowest BCUT2D eigenvalue weighted by Gasteiger charge is -2.13. The first-order valence-electron chi connectivity index (χ1n) is 6.84. The molecule has 1 aromatic carbocycles. The second-order valence-corrected chi connectivity index (χ2v) is 5.73. The summed E-state index contributed by atoms with van der Waals surface area (Å²) >= 11 is 3.36. The second kappa shape index (κ2) is 8.89. The Labute approximate surface area is 133 Å². The first-order chi connectivity index (χ1) is 10.0. The van der Waals surface area contributed by atoms with Gasteiger partial charge in [0.25, 0.3) is 5.91 Å². The highest BCUT2D eigenvalue weighted by Crippen LogP contribution is 2.33. The van der Waals surface area contributed by atoms with E-state index in [0.29, 0.717) is 28.1 Å². The molecule has 1 rings (SSSR count). The molecule has 0 aliphatic rings. The first-order valence-corrected chi connectivity index (χ1v) is 7.63. The first kappa shape index (κ1) is 17.8. The molecule has 1 unspecified atom stereocenters. The molecule has 5 nitrogen and oxygen atoms in total. The van der Waals surface area contributed by atoms with Crippen LogP contribution in [0.2, 0.25) is 0 Å². The minimum Gasteiger partial charge on any atom is -0.497 e. The largest absolute Gasteiger partial charge is 0.497 e. The highest BCUT2D eigenvalue weighted by molar-refractivity contribution is 9.10. The number of halogens is 1. The summed E-state index contributed by atoms with van der Waals surface area (Å²) in [5.41, 5.74) is 0.430. The molecule has 6 heteroatoms. The molecular formula is C15H22BrNO4. The van der Waals surface area contributed by atoms with E-state index in [0.717, 1.165) is 12.8 Å². The van der Waals surface area contributed by atoms with Crippen LogP contribution in [0.4, 0.5) is 0 Å². The van der Waals surface area contributed by atoms with Gasteiger partial charge in [-0.15, -0.1) is 0 Å². The maximum absolute atomic E-state index is 12.2. The molecule has 0 saturated carbocycles. The van der Waals surface area contributed by atoms with Gasteiger partial charge in [-0.25, -0.2) is 0 Å². The summed E-state index contributed by atoms with van der Waals surface area (Å²) < 4.78 is 11.1. The molecule has 0 aliphatic heterocycles. The molecule has 1 aromatic rings. The number of carbonyl (C=O) groups is 1. The van der Waals surface area contributed by atoms with Crippen LogP contribution in [0.15, 0.2) is 16.6 Å². The van der Waals surface area contributed by atoms with Crippen LogP contribution in [0, 0.1) is 5.92 Å². The maximum atomic E-state index is 12.2. The van der Waals surface area contributed by atoms with Gasteiger partial charge < -0.3 is 19.9 Å². The van der Waals surface area contributed by atoms with Crippen LogP contribution in [0.1, 0.15) is 30.1 Å². The number of benzene rings is 1. The SMILES string of the molecule is COc1cc(Br)c(OC)c(C(=O)NCCCC(C)CO)c1. The summed E-state index contributed by atoms with van der Waals surface area (Å²) in [6.07, 6.45) is 1.69. The molecule has 2 N–H and O–H groups in total. The monoisotopic (exact) mass is 359 g/mol. The number of hydrogen-bond acceptors (Lipinski definition) is 4. The Kier molecular flexibility index (Phi) is 7.53. The Morgan fingerprint density at radius 3 is 2.67 bits per heavy atom. The maximum Gasteiger partial charge on any atom is 0.255 e. The van der Waals surface area contributed by atoms with E-state index in [4.69, 9.17) is 14.6 Å². The fourth-order valence-corrected chi connectivity index (χ4v) is 2.50. The van der Waals surface area contributed by atoms with Gasteiger partial charge in [-0.3, -0.25) is 4.79 Å². The summed E-state index contributed by atoms with van der Waals surface area (Å²) in [6.45, 7) is 2.70. The average molecular weight is 360 g/mol. The fraction of sp³-hybridized carbons (Fsp3) is 0.533. The number of carbonyl (C=O) groups excluding carboxylic acids is 1. The molecular weight excluding hydrogens is 338 g/mol. The van der Waals surface area contributed by atoms with Gasteiger partial charge in [0.05, 0.1) is 24.3 Å². The molecule has 0 aromatic heterocycles. The molecule has 0 fully saturated rings. The number of hydrogen-bond donors (Lipinski definition) is 2. The molecule has 0 aliphatic carbocycles. The molecule has 1 atom stereocenters. The van der Waals surface area contributed by atoms with E-state index in [1.807, 2.05) is 6.92 Å². The van der Waals surface area contributed by atoms with Gasteiger partial charge >= 0.3 is 0 Å². The molecule has 0 spiro atoms. The van der Waals surface area contributed by atoms with Gasteiger partial charge in [-0.05, 0) is 46.8 Å². The summed E-state index contributed by atoms with van der Waals surface area (Å²) in [7, 11) is 3.07. The Morgan fingerprint density at radius 1 is 1.38 bits per heavy atom. The predicted molar refractivity (Wildman–Crippen MR) is 85.1 cm³/mol. The minimum atomic E-state index is -0.205. The zero-order valence-corrected chi connectivity index (χ0v) is 14.2. The summed E-state index contributed by atoms with van der Waals surface area (Å²) in [5.74, 6) is 1.12. The van der Waals surface area contributed by atoms with Gasteiger partial charge in [-0.1, -0.05) is 6.92 Å². The van der Waals surface area contributed by atoms with Crippen LogP contribution < -0.4 is 14.8 Å². The topological polar surface area (TPSA) is 67.8 Å². The van der Waals surface area contributed by atoms with Crippen molar-refractivity contribution in [3.8, 4) is 11.5 Å². The number of aliphatic hydroxyl groups excluding tert-OH is 1. The van der Waals surface area contributed by atoms with Gasteiger partial charge in [-0.2, -0.15) is 0 Å². The number of ether oxygens (including phenoxy) is 2. The zero-order valence-electron chi connectivity index (χ0n) is 12.6. The third-order valence-corrected chi connectivity index (χ3v) is 3.76. The summed E-state index contributed by atoms with van der Waals surface area (Å²) in [6, 6.07) is 3.40. The molecule has 118 valence electrons. The van der Waals surface area contributed by atoms with Gasteiger partial charge in [0.2, 0.25) is 0 Å². The van der Waals surface area contributed by atoms with E-state index in [1.165, 1.54) is 7.11 Å². The lowest BCUT2D eigenvalue weighted by Crippen LogP contribution is -2.25. The Morgan fingerprint density at radius 2 is 2.10 bits per heavy atom. The van der Waals surface area contributed by atoms with Crippen molar-refractivity contribution in [3.63, 3.8) is 0 Å².